The maximum Gasteiger partial charge on any atom is 0.189 e. The van der Waals surface area contributed by atoms with Gasteiger partial charge in [0.1, 0.15) is 5.82 Å². The molecule has 1 aromatic heterocycles. The molecule has 0 spiro atoms. The first-order valence-corrected chi connectivity index (χ1v) is 9.31. The Hall–Kier alpha value is -2.99. The highest BCUT2D eigenvalue weighted by Gasteiger charge is 2.27. The van der Waals surface area contributed by atoms with Gasteiger partial charge in [0.2, 0.25) is 0 Å². The van der Waals surface area contributed by atoms with Crippen LogP contribution in [0.2, 0.25) is 0 Å². The molecule has 4 nitrogen and oxygen atoms in total. The number of Topliss-reactive ketones (excluding diaryl/α,β-unsaturated/α-hetero) is 1. The van der Waals surface area contributed by atoms with Crippen LogP contribution < -0.4 is 31.0 Å². The number of allylic oxidation sites excluding steroid dienone is 1. The van der Waals surface area contributed by atoms with Crippen LogP contribution in [-0.4, -0.2) is 20.0 Å². The van der Waals surface area contributed by atoms with Crippen molar-refractivity contribution in [2.24, 2.45) is 0 Å². The second-order valence-corrected chi connectivity index (χ2v) is 6.97. The SMILES string of the molecule is COc1cc2c(cc1OC)C(=O)/C(=C/c1cc[n+](Cc3ccc(F)cc3)cc1)C2.[Br-]. The number of nitrogens with zero attached hydrogens (tertiary/aromatic N) is 1. The molecular weight excluding hydrogens is 449 g/mol. The van der Waals surface area contributed by atoms with Gasteiger partial charge in [0, 0.05) is 35.3 Å². The first-order valence-electron chi connectivity index (χ1n) is 9.31. The monoisotopic (exact) mass is 469 g/mol. The van der Waals surface area contributed by atoms with Crippen LogP contribution in [0.1, 0.15) is 27.0 Å². The number of carbonyl (C=O) groups is 1. The molecule has 6 heteroatoms. The van der Waals surface area contributed by atoms with Gasteiger partial charge >= 0.3 is 0 Å². The number of carbonyl (C=O) groups excluding carboxylic acids is 1. The standard InChI is InChI=1S/C24H21FNO3.BrH/c1-28-22-13-18-12-19(24(27)21(18)14-23(22)29-2)11-16-7-9-26(10-8-16)15-17-3-5-20(25)6-4-17;/h3-11,13-14H,12,15H2,1-2H3;1H/q+1;/p-1/b19-11+;. The maximum absolute atomic E-state index is 13.0. The maximum atomic E-state index is 13.0. The van der Waals surface area contributed by atoms with Gasteiger partial charge in [-0.25, -0.2) is 8.96 Å². The zero-order chi connectivity index (χ0) is 20.4. The van der Waals surface area contributed by atoms with Crippen molar-refractivity contribution in [2.45, 2.75) is 13.0 Å². The lowest BCUT2D eigenvalue weighted by atomic mass is 10.1. The number of methoxy groups -OCH3 is 2. The number of hydrogen-bond donors (Lipinski definition) is 0. The van der Waals surface area contributed by atoms with E-state index >= 15 is 0 Å². The summed E-state index contributed by atoms with van der Waals surface area (Å²) in [5.41, 5.74) is 4.33. The van der Waals surface area contributed by atoms with Gasteiger partial charge in [-0.1, -0.05) is 0 Å². The highest BCUT2D eigenvalue weighted by molar-refractivity contribution is 6.15. The number of halogens is 2. The first kappa shape index (κ1) is 21.7. The minimum absolute atomic E-state index is 0. The topological polar surface area (TPSA) is 39.4 Å². The average Bonchev–Trinajstić information content (AvgIpc) is 3.04. The molecule has 0 saturated heterocycles. The van der Waals surface area contributed by atoms with Crippen LogP contribution >= 0.6 is 0 Å². The summed E-state index contributed by atoms with van der Waals surface area (Å²) >= 11 is 0. The Morgan fingerprint density at radius 1 is 1.00 bits per heavy atom. The van der Waals surface area contributed by atoms with Crippen molar-refractivity contribution >= 4 is 11.9 Å². The van der Waals surface area contributed by atoms with Crippen LogP contribution in [0.15, 0.2) is 66.5 Å². The third-order valence-corrected chi connectivity index (χ3v) is 5.06. The fourth-order valence-corrected chi connectivity index (χ4v) is 3.53. The van der Waals surface area contributed by atoms with Gasteiger partial charge in [0.05, 0.1) is 14.2 Å². The summed E-state index contributed by atoms with van der Waals surface area (Å²) in [6.45, 7) is 0.654. The van der Waals surface area contributed by atoms with Gasteiger partial charge in [-0.15, -0.1) is 0 Å². The molecule has 1 heterocycles. The van der Waals surface area contributed by atoms with Crippen LogP contribution in [0.4, 0.5) is 4.39 Å². The molecule has 2 aromatic carbocycles. The Kier molecular flexibility index (Phi) is 6.67. The lowest BCUT2D eigenvalue weighted by Crippen LogP contribution is -3.00. The summed E-state index contributed by atoms with van der Waals surface area (Å²) < 4.78 is 25.7. The van der Waals surface area contributed by atoms with Crippen molar-refractivity contribution in [1.82, 2.24) is 0 Å². The number of rotatable bonds is 5. The molecular formula is C24H21BrFNO3. The summed E-state index contributed by atoms with van der Waals surface area (Å²) in [5, 5.41) is 0. The van der Waals surface area contributed by atoms with E-state index in [0.29, 0.717) is 30.0 Å². The van der Waals surface area contributed by atoms with E-state index in [1.54, 1.807) is 32.4 Å². The van der Waals surface area contributed by atoms with Crippen LogP contribution in [0, 0.1) is 5.82 Å². The van der Waals surface area contributed by atoms with Gasteiger partial charge in [-0.2, -0.15) is 0 Å². The third-order valence-electron chi connectivity index (χ3n) is 5.06. The molecule has 0 unspecified atom stereocenters. The molecule has 1 aliphatic carbocycles. The van der Waals surface area contributed by atoms with Gasteiger partial charge in [0.15, 0.2) is 36.2 Å². The van der Waals surface area contributed by atoms with Gasteiger partial charge < -0.3 is 26.5 Å². The number of aromatic nitrogens is 1. The van der Waals surface area contributed by atoms with Gasteiger partial charge in [-0.3, -0.25) is 4.79 Å². The molecule has 1 aliphatic rings. The van der Waals surface area contributed by atoms with E-state index < -0.39 is 0 Å². The van der Waals surface area contributed by atoms with E-state index in [0.717, 1.165) is 22.3 Å². The normalized spacial score (nSPS) is 13.7. The molecule has 0 fully saturated rings. The van der Waals surface area contributed by atoms with Crippen molar-refractivity contribution in [3.63, 3.8) is 0 Å². The summed E-state index contributed by atoms with van der Waals surface area (Å²) in [5.74, 6) is 0.964. The molecule has 0 atom stereocenters. The largest absolute Gasteiger partial charge is 1.00 e. The summed E-state index contributed by atoms with van der Waals surface area (Å²) in [7, 11) is 3.15. The number of fused-ring (bicyclic) bond motifs is 1. The molecule has 0 bridgehead atoms. The molecule has 0 saturated carbocycles. The molecule has 0 amide bonds. The van der Waals surface area contributed by atoms with E-state index in [2.05, 4.69) is 0 Å². The van der Waals surface area contributed by atoms with E-state index in [-0.39, 0.29) is 28.6 Å². The van der Waals surface area contributed by atoms with Crippen molar-refractivity contribution in [3.8, 4) is 11.5 Å². The number of ether oxygens (including phenoxy) is 2. The number of ketones is 1. The zero-order valence-corrected chi connectivity index (χ0v) is 18.3. The number of hydrogen-bond acceptors (Lipinski definition) is 3. The predicted octanol–water partition coefficient (Wildman–Crippen LogP) is 1.01. The van der Waals surface area contributed by atoms with Crippen LogP contribution in [0.25, 0.3) is 6.08 Å². The molecule has 0 radical (unpaired) electrons. The van der Waals surface area contributed by atoms with Crippen molar-refractivity contribution in [3.05, 3.63) is 94.6 Å². The quantitative estimate of drug-likeness (QED) is 0.413. The minimum atomic E-state index is -0.238. The van der Waals surface area contributed by atoms with E-state index in [9.17, 15) is 9.18 Å². The van der Waals surface area contributed by atoms with Gasteiger partial charge in [-0.05, 0) is 53.6 Å². The van der Waals surface area contributed by atoms with Crippen LogP contribution in [-0.2, 0) is 13.0 Å². The van der Waals surface area contributed by atoms with E-state index in [1.165, 1.54) is 12.1 Å². The third kappa shape index (κ3) is 4.44. The fraction of sp³-hybridized carbons (Fsp3) is 0.167. The molecule has 0 aliphatic heterocycles. The Bertz CT molecular complexity index is 1090. The summed E-state index contributed by atoms with van der Waals surface area (Å²) in [6.07, 6.45) is 6.39. The van der Waals surface area contributed by atoms with Crippen molar-refractivity contribution < 1.29 is 40.2 Å². The van der Waals surface area contributed by atoms with Gasteiger partial charge in [0.25, 0.3) is 0 Å². The number of benzene rings is 2. The summed E-state index contributed by atoms with van der Waals surface area (Å²) in [4.78, 5) is 12.8. The fourth-order valence-electron chi connectivity index (χ4n) is 3.53. The molecule has 4 rings (SSSR count). The highest BCUT2D eigenvalue weighted by atomic mass is 79.9. The van der Waals surface area contributed by atoms with Crippen molar-refractivity contribution in [2.75, 3.05) is 14.2 Å². The van der Waals surface area contributed by atoms with Crippen LogP contribution in [0.5, 0.6) is 11.5 Å². The molecule has 30 heavy (non-hydrogen) atoms. The van der Waals surface area contributed by atoms with Crippen molar-refractivity contribution in [1.29, 1.82) is 0 Å². The minimum Gasteiger partial charge on any atom is -1.00 e. The lowest BCUT2D eigenvalue weighted by molar-refractivity contribution is -0.688. The zero-order valence-electron chi connectivity index (χ0n) is 16.7. The number of pyridine rings is 1. The molecule has 0 N–H and O–H groups in total. The molecule has 3 aromatic rings. The Morgan fingerprint density at radius 3 is 2.27 bits per heavy atom. The van der Waals surface area contributed by atoms with E-state index in [1.807, 2.05) is 41.2 Å². The average molecular weight is 470 g/mol. The second-order valence-electron chi connectivity index (χ2n) is 6.97. The van der Waals surface area contributed by atoms with E-state index in [4.69, 9.17) is 9.47 Å². The predicted molar refractivity (Wildman–Crippen MR) is 108 cm³/mol. The Balaban J connectivity index is 0.00000256. The molecule has 154 valence electrons. The Labute approximate surface area is 185 Å². The smallest absolute Gasteiger partial charge is 0.189 e. The summed E-state index contributed by atoms with van der Waals surface area (Å²) in [6, 6.07) is 14.0. The second kappa shape index (κ2) is 9.22. The van der Waals surface area contributed by atoms with Crippen LogP contribution in [0.3, 0.4) is 0 Å². The highest BCUT2D eigenvalue weighted by Crippen LogP contribution is 2.36. The Morgan fingerprint density at radius 2 is 1.63 bits per heavy atom. The first-order chi connectivity index (χ1) is 14.1. The lowest BCUT2D eigenvalue weighted by Gasteiger charge is -2.08.